The molecule has 0 saturated carbocycles. The number of nitrogens with one attached hydrogen (secondary N) is 1. The molecule has 1 aliphatic rings. The highest BCUT2D eigenvalue weighted by atomic mass is 35.5. The van der Waals surface area contributed by atoms with Crippen LogP contribution in [0.1, 0.15) is 22.3 Å². The maximum atomic E-state index is 12.2. The van der Waals surface area contributed by atoms with Crippen molar-refractivity contribution in [3.63, 3.8) is 0 Å². The lowest BCUT2D eigenvalue weighted by Gasteiger charge is -2.10. The van der Waals surface area contributed by atoms with Crippen LogP contribution >= 0.6 is 11.6 Å². The van der Waals surface area contributed by atoms with E-state index in [-0.39, 0.29) is 12.5 Å². The molecule has 0 aromatic heterocycles. The quantitative estimate of drug-likeness (QED) is 0.620. The number of hydrogen-bond acceptors (Lipinski definition) is 3. The summed E-state index contributed by atoms with van der Waals surface area (Å²) in [6.45, 7) is 0.250. The molecule has 0 unspecified atom stereocenters. The Balaban J connectivity index is 1.56. The van der Waals surface area contributed by atoms with E-state index in [0.29, 0.717) is 21.9 Å². The van der Waals surface area contributed by atoms with Crippen molar-refractivity contribution < 1.29 is 9.53 Å². The summed E-state index contributed by atoms with van der Waals surface area (Å²) in [5.74, 6) is 0.388. The molecule has 1 N–H and O–H groups in total. The molecule has 0 radical (unpaired) electrons. The number of amides is 1. The van der Waals surface area contributed by atoms with Gasteiger partial charge in [0.1, 0.15) is 12.4 Å². The van der Waals surface area contributed by atoms with Crippen molar-refractivity contribution >= 4 is 34.8 Å². The van der Waals surface area contributed by atoms with Crippen molar-refractivity contribution in [2.45, 2.75) is 6.61 Å². The van der Waals surface area contributed by atoms with Crippen LogP contribution in [0.4, 0.5) is 5.69 Å². The second kappa shape index (κ2) is 7.59. The fraction of sp³-hybridized carbons (Fsp3) is 0.0435. The van der Waals surface area contributed by atoms with E-state index in [0.717, 1.165) is 22.4 Å². The number of ether oxygens (including phenoxy) is 1. The molecule has 0 bridgehead atoms. The standard InChI is InChI=1S/C23H15ClN2O2/c24-20-12-15(11-19-18-7-3-4-8-21(18)26-23(19)27)9-10-22(20)28-14-17-6-2-1-5-16(17)13-25/h1-12H,14H2,(H,26,27)/b19-11-. The van der Waals surface area contributed by atoms with E-state index in [1.54, 1.807) is 18.2 Å². The first-order valence-electron chi connectivity index (χ1n) is 8.68. The van der Waals surface area contributed by atoms with E-state index < -0.39 is 0 Å². The van der Waals surface area contributed by atoms with Gasteiger partial charge in [-0.15, -0.1) is 0 Å². The minimum atomic E-state index is -0.134. The van der Waals surface area contributed by atoms with Gasteiger partial charge in [-0.25, -0.2) is 0 Å². The topological polar surface area (TPSA) is 62.1 Å². The fourth-order valence-electron chi connectivity index (χ4n) is 3.08. The molecule has 3 aromatic rings. The summed E-state index contributed by atoms with van der Waals surface area (Å²) in [5, 5.41) is 12.5. The normalized spacial score (nSPS) is 13.7. The first kappa shape index (κ1) is 17.8. The van der Waals surface area contributed by atoms with E-state index in [1.165, 1.54) is 0 Å². The molecule has 28 heavy (non-hydrogen) atoms. The van der Waals surface area contributed by atoms with Crippen LogP contribution in [0.25, 0.3) is 11.6 Å². The van der Waals surface area contributed by atoms with Gasteiger partial charge in [0, 0.05) is 22.4 Å². The number of anilines is 1. The Kier molecular flexibility index (Phi) is 4.84. The van der Waals surface area contributed by atoms with Gasteiger partial charge in [-0.05, 0) is 35.9 Å². The zero-order valence-corrected chi connectivity index (χ0v) is 15.5. The van der Waals surface area contributed by atoms with Crippen LogP contribution in [0, 0.1) is 11.3 Å². The van der Waals surface area contributed by atoms with Crippen LogP contribution in [0.5, 0.6) is 5.75 Å². The van der Waals surface area contributed by atoms with Crippen molar-refractivity contribution in [3.8, 4) is 11.8 Å². The number of fused-ring (bicyclic) bond motifs is 1. The Morgan fingerprint density at radius 2 is 1.86 bits per heavy atom. The largest absolute Gasteiger partial charge is 0.487 e. The minimum absolute atomic E-state index is 0.134. The Labute approximate surface area is 167 Å². The Morgan fingerprint density at radius 1 is 1.07 bits per heavy atom. The highest BCUT2D eigenvalue weighted by Gasteiger charge is 2.23. The number of benzene rings is 3. The van der Waals surface area contributed by atoms with Crippen molar-refractivity contribution in [3.05, 3.63) is 94.0 Å². The number of halogens is 1. The summed E-state index contributed by atoms with van der Waals surface area (Å²) < 4.78 is 5.78. The zero-order chi connectivity index (χ0) is 19.5. The third-order valence-corrected chi connectivity index (χ3v) is 4.79. The monoisotopic (exact) mass is 386 g/mol. The lowest BCUT2D eigenvalue weighted by Crippen LogP contribution is -2.03. The van der Waals surface area contributed by atoms with Gasteiger partial charge in [0.15, 0.2) is 0 Å². The zero-order valence-electron chi connectivity index (χ0n) is 14.8. The molecule has 1 heterocycles. The van der Waals surface area contributed by atoms with Gasteiger partial charge in [-0.3, -0.25) is 4.79 Å². The number of carbonyl (C=O) groups excluding carboxylic acids is 1. The van der Waals surface area contributed by atoms with Gasteiger partial charge in [0.05, 0.1) is 16.7 Å². The van der Waals surface area contributed by atoms with E-state index in [1.807, 2.05) is 54.6 Å². The average molecular weight is 387 g/mol. The maximum Gasteiger partial charge on any atom is 0.256 e. The van der Waals surface area contributed by atoms with Gasteiger partial charge < -0.3 is 10.1 Å². The maximum absolute atomic E-state index is 12.2. The highest BCUT2D eigenvalue weighted by molar-refractivity contribution is 6.35. The molecule has 0 saturated heterocycles. The summed E-state index contributed by atoms with van der Waals surface area (Å²) >= 11 is 6.37. The Bertz CT molecular complexity index is 1150. The van der Waals surface area contributed by atoms with Crippen molar-refractivity contribution in [1.29, 1.82) is 5.26 Å². The van der Waals surface area contributed by atoms with Gasteiger partial charge in [0.2, 0.25) is 0 Å². The summed E-state index contributed by atoms with van der Waals surface area (Å²) in [6.07, 6.45) is 1.81. The fourth-order valence-corrected chi connectivity index (χ4v) is 3.33. The van der Waals surface area contributed by atoms with Crippen molar-refractivity contribution in [2.24, 2.45) is 0 Å². The van der Waals surface area contributed by atoms with Crippen LogP contribution in [0.15, 0.2) is 66.7 Å². The van der Waals surface area contributed by atoms with Crippen LogP contribution in [0.3, 0.4) is 0 Å². The van der Waals surface area contributed by atoms with Gasteiger partial charge in [-0.2, -0.15) is 5.26 Å². The smallest absolute Gasteiger partial charge is 0.256 e. The van der Waals surface area contributed by atoms with E-state index >= 15 is 0 Å². The molecular formula is C23H15ClN2O2. The molecular weight excluding hydrogens is 372 g/mol. The molecule has 0 atom stereocenters. The molecule has 1 amide bonds. The second-order valence-corrected chi connectivity index (χ2v) is 6.71. The minimum Gasteiger partial charge on any atom is -0.487 e. The molecule has 136 valence electrons. The molecule has 4 rings (SSSR count). The summed E-state index contributed by atoms with van der Waals surface area (Å²) in [6, 6.07) is 22.4. The number of para-hydroxylation sites is 1. The first-order valence-corrected chi connectivity index (χ1v) is 9.06. The van der Waals surface area contributed by atoms with E-state index in [4.69, 9.17) is 21.6 Å². The Morgan fingerprint density at radius 3 is 2.68 bits per heavy atom. The van der Waals surface area contributed by atoms with Crippen LogP contribution < -0.4 is 10.1 Å². The molecule has 4 nitrogen and oxygen atoms in total. The van der Waals surface area contributed by atoms with Crippen molar-refractivity contribution in [1.82, 2.24) is 0 Å². The number of nitrogens with zero attached hydrogens (tertiary/aromatic N) is 1. The second-order valence-electron chi connectivity index (χ2n) is 6.31. The number of carbonyl (C=O) groups is 1. The van der Waals surface area contributed by atoms with Crippen LogP contribution in [0.2, 0.25) is 5.02 Å². The van der Waals surface area contributed by atoms with E-state index in [2.05, 4.69) is 11.4 Å². The van der Waals surface area contributed by atoms with Gasteiger partial charge in [0.25, 0.3) is 5.91 Å². The lowest BCUT2D eigenvalue weighted by atomic mass is 10.0. The SMILES string of the molecule is N#Cc1ccccc1COc1ccc(/C=C2\C(=O)Nc3ccccc32)cc1Cl. The van der Waals surface area contributed by atoms with Crippen LogP contribution in [-0.2, 0) is 11.4 Å². The predicted octanol–water partition coefficient (Wildman–Crippen LogP) is 5.28. The number of hydrogen-bond donors (Lipinski definition) is 1. The first-order chi connectivity index (χ1) is 13.7. The van der Waals surface area contributed by atoms with Gasteiger partial charge in [-0.1, -0.05) is 54.1 Å². The lowest BCUT2D eigenvalue weighted by molar-refractivity contribution is -0.110. The Hall–Kier alpha value is -3.55. The summed E-state index contributed by atoms with van der Waals surface area (Å²) in [5.41, 5.74) is 4.45. The third-order valence-electron chi connectivity index (χ3n) is 4.50. The third kappa shape index (κ3) is 3.48. The van der Waals surface area contributed by atoms with Crippen molar-refractivity contribution in [2.75, 3.05) is 5.32 Å². The average Bonchev–Trinajstić information content (AvgIpc) is 3.03. The molecule has 0 aliphatic carbocycles. The summed E-state index contributed by atoms with van der Waals surface area (Å²) in [4.78, 5) is 12.2. The molecule has 0 fully saturated rings. The number of rotatable bonds is 4. The predicted molar refractivity (Wildman–Crippen MR) is 110 cm³/mol. The van der Waals surface area contributed by atoms with E-state index in [9.17, 15) is 4.79 Å². The summed E-state index contributed by atoms with van der Waals surface area (Å²) in [7, 11) is 0. The van der Waals surface area contributed by atoms with Gasteiger partial charge >= 0.3 is 0 Å². The molecule has 3 aromatic carbocycles. The molecule has 0 spiro atoms. The molecule has 5 heteroatoms. The highest BCUT2D eigenvalue weighted by Crippen LogP contribution is 2.34. The molecule has 1 aliphatic heterocycles. The van der Waals surface area contributed by atoms with Crippen LogP contribution in [-0.4, -0.2) is 5.91 Å². The number of nitriles is 1.